The van der Waals surface area contributed by atoms with Crippen LogP contribution in [0.25, 0.3) is 10.6 Å². The first-order valence-electron chi connectivity index (χ1n) is 7.33. The van der Waals surface area contributed by atoms with Gasteiger partial charge in [-0.15, -0.1) is 11.3 Å². The zero-order chi connectivity index (χ0) is 17.8. The maximum Gasteiger partial charge on any atom is 0.264 e. The summed E-state index contributed by atoms with van der Waals surface area (Å²) >= 11 is 19.2. The predicted molar refractivity (Wildman–Crippen MR) is 103 cm³/mol. The number of carbonyl (C=O) groups is 1. The lowest BCUT2D eigenvalue weighted by molar-refractivity contribution is 0.0958. The number of aromatic nitrogens is 2. The van der Waals surface area contributed by atoms with Gasteiger partial charge in [-0.25, -0.2) is 4.98 Å². The molecule has 128 valence electrons. The van der Waals surface area contributed by atoms with Crippen molar-refractivity contribution >= 4 is 52.0 Å². The highest BCUT2D eigenvalue weighted by Gasteiger charge is 2.17. The monoisotopic (exact) mass is 411 g/mol. The topological polar surface area (TPSA) is 54.9 Å². The molecular formula is C17H12Cl3N3OS. The van der Waals surface area contributed by atoms with E-state index in [1.54, 1.807) is 24.5 Å². The SMILES string of the molecule is O=C(NCCc1ccc(Cl)c(Cl)c1)c1sc(-c2cccnc2)nc1Cl. The Kier molecular flexibility index (Phi) is 5.91. The summed E-state index contributed by atoms with van der Waals surface area (Å²) in [5, 5.41) is 4.70. The van der Waals surface area contributed by atoms with E-state index in [9.17, 15) is 4.79 Å². The van der Waals surface area contributed by atoms with Crippen molar-refractivity contribution in [3.8, 4) is 10.6 Å². The van der Waals surface area contributed by atoms with E-state index in [-0.39, 0.29) is 11.1 Å². The van der Waals surface area contributed by atoms with E-state index < -0.39 is 0 Å². The molecule has 1 aromatic carbocycles. The van der Waals surface area contributed by atoms with Crippen LogP contribution in [0.5, 0.6) is 0 Å². The highest BCUT2D eigenvalue weighted by molar-refractivity contribution is 7.17. The van der Waals surface area contributed by atoms with Crippen LogP contribution in [-0.4, -0.2) is 22.4 Å². The van der Waals surface area contributed by atoms with Crippen LogP contribution in [0.3, 0.4) is 0 Å². The first-order valence-corrected chi connectivity index (χ1v) is 9.28. The molecule has 4 nitrogen and oxygen atoms in total. The lowest BCUT2D eigenvalue weighted by Crippen LogP contribution is -2.25. The Balaban J connectivity index is 1.63. The average Bonchev–Trinajstić information content (AvgIpc) is 3.01. The third-order valence-electron chi connectivity index (χ3n) is 3.38. The molecule has 0 aliphatic heterocycles. The molecule has 0 atom stereocenters. The second kappa shape index (κ2) is 8.15. The van der Waals surface area contributed by atoms with E-state index in [2.05, 4.69) is 15.3 Å². The lowest BCUT2D eigenvalue weighted by atomic mass is 10.1. The van der Waals surface area contributed by atoms with E-state index in [0.29, 0.717) is 32.9 Å². The van der Waals surface area contributed by atoms with Crippen LogP contribution >= 0.6 is 46.1 Å². The standard InChI is InChI=1S/C17H12Cl3N3OS/c18-12-4-3-10(8-13(12)19)5-7-22-16(24)14-15(20)23-17(25-14)11-2-1-6-21-9-11/h1-4,6,8-9H,5,7H2,(H,22,24). The van der Waals surface area contributed by atoms with Crippen LogP contribution in [0, 0.1) is 0 Å². The van der Waals surface area contributed by atoms with E-state index in [1.165, 1.54) is 11.3 Å². The van der Waals surface area contributed by atoms with Crippen LogP contribution in [0.2, 0.25) is 15.2 Å². The highest BCUT2D eigenvalue weighted by Crippen LogP contribution is 2.30. The van der Waals surface area contributed by atoms with Crippen molar-refractivity contribution < 1.29 is 4.79 Å². The first-order chi connectivity index (χ1) is 12.0. The van der Waals surface area contributed by atoms with Crippen LogP contribution in [0.1, 0.15) is 15.2 Å². The lowest BCUT2D eigenvalue weighted by Gasteiger charge is -2.05. The van der Waals surface area contributed by atoms with Gasteiger partial charge in [0.15, 0.2) is 5.15 Å². The normalized spacial score (nSPS) is 10.7. The average molecular weight is 413 g/mol. The molecule has 25 heavy (non-hydrogen) atoms. The first kappa shape index (κ1) is 18.1. The molecule has 0 spiro atoms. The Bertz CT molecular complexity index is 899. The number of rotatable bonds is 5. The van der Waals surface area contributed by atoms with Crippen LogP contribution < -0.4 is 5.32 Å². The second-order valence-corrected chi connectivity index (χ2v) is 7.31. The van der Waals surface area contributed by atoms with E-state index in [1.807, 2.05) is 18.2 Å². The van der Waals surface area contributed by atoms with Crippen molar-refractivity contribution in [3.63, 3.8) is 0 Å². The van der Waals surface area contributed by atoms with Gasteiger partial charge < -0.3 is 5.32 Å². The van der Waals surface area contributed by atoms with Crippen molar-refractivity contribution in [2.75, 3.05) is 6.54 Å². The summed E-state index contributed by atoms with van der Waals surface area (Å²) in [7, 11) is 0. The molecule has 0 aliphatic rings. The van der Waals surface area contributed by atoms with Crippen molar-refractivity contribution in [1.82, 2.24) is 15.3 Å². The summed E-state index contributed by atoms with van der Waals surface area (Å²) in [5.41, 5.74) is 1.81. The molecule has 8 heteroatoms. The predicted octanol–water partition coefficient (Wildman–Crippen LogP) is 5.14. The van der Waals surface area contributed by atoms with Gasteiger partial charge in [-0.05, 0) is 36.2 Å². The van der Waals surface area contributed by atoms with Gasteiger partial charge in [-0.1, -0.05) is 40.9 Å². The molecule has 2 aromatic heterocycles. The summed E-state index contributed by atoms with van der Waals surface area (Å²) < 4.78 is 0. The summed E-state index contributed by atoms with van der Waals surface area (Å²) in [6.07, 6.45) is 3.99. The van der Waals surface area contributed by atoms with Gasteiger partial charge >= 0.3 is 0 Å². The smallest absolute Gasteiger partial charge is 0.264 e. The Labute approximate surface area is 163 Å². The van der Waals surface area contributed by atoms with Crippen molar-refractivity contribution in [3.05, 3.63) is 68.4 Å². The minimum absolute atomic E-state index is 0.191. The van der Waals surface area contributed by atoms with Gasteiger partial charge in [-0.3, -0.25) is 9.78 Å². The van der Waals surface area contributed by atoms with E-state index >= 15 is 0 Å². The van der Waals surface area contributed by atoms with Crippen molar-refractivity contribution in [2.24, 2.45) is 0 Å². The molecule has 3 aromatic rings. The molecule has 0 radical (unpaired) electrons. The molecule has 2 heterocycles. The number of nitrogens with zero attached hydrogens (tertiary/aromatic N) is 2. The molecule has 3 rings (SSSR count). The van der Waals surface area contributed by atoms with Crippen LogP contribution in [-0.2, 0) is 6.42 Å². The van der Waals surface area contributed by atoms with Gasteiger partial charge in [0, 0.05) is 24.5 Å². The number of nitrogens with one attached hydrogen (secondary N) is 1. The zero-order valence-electron chi connectivity index (χ0n) is 12.8. The number of halogens is 3. The summed E-state index contributed by atoms with van der Waals surface area (Å²) in [4.78, 5) is 21.0. The molecule has 0 bridgehead atoms. The van der Waals surface area contributed by atoms with Gasteiger partial charge in [0.1, 0.15) is 9.88 Å². The van der Waals surface area contributed by atoms with Gasteiger partial charge in [0.05, 0.1) is 10.0 Å². The Morgan fingerprint density at radius 2 is 2.00 bits per heavy atom. The maximum absolute atomic E-state index is 12.3. The zero-order valence-corrected chi connectivity index (χ0v) is 15.9. The van der Waals surface area contributed by atoms with Gasteiger partial charge in [0.25, 0.3) is 5.91 Å². The number of hydrogen-bond donors (Lipinski definition) is 1. The summed E-state index contributed by atoms with van der Waals surface area (Å²) in [5.74, 6) is -0.252. The molecule has 0 saturated carbocycles. The quantitative estimate of drug-likeness (QED) is 0.631. The number of hydrogen-bond acceptors (Lipinski definition) is 4. The number of amides is 1. The van der Waals surface area contributed by atoms with Crippen LogP contribution in [0.15, 0.2) is 42.7 Å². The molecule has 0 saturated heterocycles. The molecule has 0 aliphatic carbocycles. The molecule has 1 amide bonds. The maximum atomic E-state index is 12.3. The van der Waals surface area contributed by atoms with Crippen molar-refractivity contribution in [2.45, 2.75) is 6.42 Å². The Hall–Kier alpha value is -1.66. The fourth-order valence-electron chi connectivity index (χ4n) is 2.15. The Morgan fingerprint density at radius 1 is 1.16 bits per heavy atom. The largest absolute Gasteiger partial charge is 0.351 e. The van der Waals surface area contributed by atoms with Crippen LogP contribution in [0.4, 0.5) is 0 Å². The minimum atomic E-state index is -0.252. The number of carbonyl (C=O) groups excluding carboxylic acids is 1. The second-order valence-electron chi connectivity index (χ2n) is 5.14. The fourth-order valence-corrected chi connectivity index (χ4v) is 3.67. The molecule has 0 unspecified atom stereocenters. The number of thiazole rings is 1. The summed E-state index contributed by atoms with van der Waals surface area (Å²) in [6, 6.07) is 9.08. The third kappa shape index (κ3) is 4.50. The van der Waals surface area contributed by atoms with E-state index in [4.69, 9.17) is 34.8 Å². The number of pyridine rings is 1. The number of benzene rings is 1. The van der Waals surface area contributed by atoms with Gasteiger partial charge in [0.2, 0.25) is 0 Å². The molecule has 0 fully saturated rings. The highest BCUT2D eigenvalue weighted by atomic mass is 35.5. The third-order valence-corrected chi connectivity index (χ3v) is 5.61. The van der Waals surface area contributed by atoms with E-state index in [0.717, 1.165) is 11.1 Å². The minimum Gasteiger partial charge on any atom is -0.351 e. The Morgan fingerprint density at radius 3 is 2.72 bits per heavy atom. The fraction of sp³-hybridized carbons (Fsp3) is 0.118. The van der Waals surface area contributed by atoms with Gasteiger partial charge in [-0.2, -0.15) is 0 Å². The van der Waals surface area contributed by atoms with Crippen molar-refractivity contribution in [1.29, 1.82) is 0 Å². The molecule has 1 N–H and O–H groups in total. The summed E-state index contributed by atoms with van der Waals surface area (Å²) in [6.45, 7) is 0.452. The molecular weight excluding hydrogens is 401 g/mol.